The van der Waals surface area contributed by atoms with Crippen molar-refractivity contribution in [3.8, 4) is 0 Å². The van der Waals surface area contributed by atoms with Gasteiger partial charge in [-0.25, -0.2) is 0 Å². The van der Waals surface area contributed by atoms with Crippen molar-refractivity contribution in [2.75, 3.05) is 6.54 Å². The highest BCUT2D eigenvalue weighted by molar-refractivity contribution is 5.81. The van der Waals surface area contributed by atoms with E-state index in [2.05, 4.69) is 17.6 Å². The van der Waals surface area contributed by atoms with E-state index in [9.17, 15) is 4.79 Å². The average Bonchev–Trinajstić information content (AvgIpc) is 2.89. The van der Waals surface area contributed by atoms with Crippen molar-refractivity contribution in [2.45, 2.75) is 76.8 Å². The van der Waals surface area contributed by atoms with Crippen LogP contribution in [-0.2, 0) is 4.79 Å². The maximum absolute atomic E-state index is 12.4. The largest absolute Gasteiger partial charge is 0.354 e. The summed E-state index contributed by atoms with van der Waals surface area (Å²) in [5.41, 5.74) is 0. The molecule has 3 heteroatoms. The molecular weight excluding hydrogens is 248 g/mol. The highest BCUT2D eigenvalue weighted by Gasteiger charge is 2.34. The van der Waals surface area contributed by atoms with Crippen LogP contribution in [0.3, 0.4) is 0 Å². The third-order valence-corrected chi connectivity index (χ3v) is 6.04. The first-order valence-corrected chi connectivity index (χ1v) is 8.78. The van der Waals surface area contributed by atoms with Crippen molar-refractivity contribution in [2.24, 2.45) is 17.8 Å². The van der Waals surface area contributed by atoms with Gasteiger partial charge in [-0.05, 0) is 49.9 Å². The van der Waals surface area contributed by atoms with Crippen LogP contribution in [0.25, 0.3) is 0 Å². The molecule has 0 aromatic heterocycles. The number of carbonyl (C=O) groups is 1. The second-order valence-corrected chi connectivity index (χ2v) is 7.36. The summed E-state index contributed by atoms with van der Waals surface area (Å²) in [7, 11) is 0. The first kappa shape index (κ1) is 14.4. The standard InChI is InChI=1S/C17H30N2O/c1-12-5-4-7-14(12)11-18-17(20)16-10-9-13-6-2-3-8-15(13)19-16/h12-16,19H,2-11H2,1H3,(H,18,20). The summed E-state index contributed by atoms with van der Waals surface area (Å²) in [6.07, 6.45) is 11.6. The first-order valence-electron chi connectivity index (χ1n) is 8.78. The molecule has 0 bridgehead atoms. The molecule has 1 aliphatic heterocycles. The topological polar surface area (TPSA) is 41.1 Å². The van der Waals surface area contributed by atoms with E-state index in [1.165, 1.54) is 51.4 Å². The number of nitrogens with one attached hydrogen (secondary N) is 2. The van der Waals surface area contributed by atoms with Crippen LogP contribution in [0.5, 0.6) is 0 Å². The summed E-state index contributed by atoms with van der Waals surface area (Å²) in [6.45, 7) is 3.22. The Balaban J connectivity index is 1.45. The average molecular weight is 278 g/mol. The third kappa shape index (κ3) is 3.19. The zero-order chi connectivity index (χ0) is 13.9. The van der Waals surface area contributed by atoms with Gasteiger partial charge >= 0.3 is 0 Å². The number of fused-ring (bicyclic) bond motifs is 1. The Morgan fingerprint density at radius 2 is 1.90 bits per heavy atom. The highest BCUT2D eigenvalue weighted by atomic mass is 16.2. The van der Waals surface area contributed by atoms with Crippen LogP contribution in [0.1, 0.15) is 64.7 Å². The van der Waals surface area contributed by atoms with Crippen molar-refractivity contribution >= 4 is 5.91 Å². The second-order valence-electron chi connectivity index (χ2n) is 7.36. The van der Waals surface area contributed by atoms with Gasteiger partial charge < -0.3 is 10.6 Å². The van der Waals surface area contributed by atoms with E-state index in [-0.39, 0.29) is 11.9 Å². The summed E-state index contributed by atoms with van der Waals surface area (Å²) < 4.78 is 0. The zero-order valence-electron chi connectivity index (χ0n) is 12.9. The van der Waals surface area contributed by atoms with E-state index in [4.69, 9.17) is 0 Å². The Hall–Kier alpha value is -0.570. The smallest absolute Gasteiger partial charge is 0.237 e. The molecule has 0 aromatic rings. The molecule has 0 aromatic carbocycles. The van der Waals surface area contributed by atoms with Crippen LogP contribution in [0.4, 0.5) is 0 Å². The molecule has 20 heavy (non-hydrogen) atoms. The van der Waals surface area contributed by atoms with E-state index in [1.807, 2.05) is 0 Å². The molecule has 1 amide bonds. The van der Waals surface area contributed by atoms with E-state index in [0.717, 1.165) is 24.8 Å². The van der Waals surface area contributed by atoms with E-state index in [0.29, 0.717) is 12.0 Å². The van der Waals surface area contributed by atoms with Crippen molar-refractivity contribution in [3.63, 3.8) is 0 Å². The van der Waals surface area contributed by atoms with Crippen molar-refractivity contribution in [1.29, 1.82) is 0 Å². The van der Waals surface area contributed by atoms with Gasteiger partial charge in [0.1, 0.15) is 0 Å². The van der Waals surface area contributed by atoms with Crippen LogP contribution >= 0.6 is 0 Å². The fourth-order valence-electron chi connectivity index (χ4n) is 4.58. The number of hydrogen-bond acceptors (Lipinski definition) is 2. The van der Waals surface area contributed by atoms with E-state index < -0.39 is 0 Å². The van der Waals surface area contributed by atoms with Gasteiger partial charge in [0.05, 0.1) is 6.04 Å². The van der Waals surface area contributed by atoms with Gasteiger partial charge in [0.15, 0.2) is 0 Å². The minimum atomic E-state index is 0.0751. The summed E-state index contributed by atoms with van der Waals surface area (Å²) in [5.74, 6) is 2.60. The van der Waals surface area contributed by atoms with Gasteiger partial charge in [-0.1, -0.05) is 32.6 Å². The fourth-order valence-corrected chi connectivity index (χ4v) is 4.58. The number of amides is 1. The molecule has 3 nitrogen and oxygen atoms in total. The molecule has 5 unspecified atom stereocenters. The molecule has 0 spiro atoms. The minimum Gasteiger partial charge on any atom is -0.354 e. The Kier molecular flexibility index (Phi) is 4.65. The summed E-state index contributed by atoms with van der Waals surface area (Å²) in [6, 6.07) is 0.685. The van der Waals surface area contributed by atoms with Crippen molar-refractivity contribution in [1.82, 2.24) is 10.6 Å². The summed E-state index contributed by atoms with van der Waals surface area (Å²) in [4.78, 5) is 12.4. The Labute approximate surface area is 123 Å². The molecule has 3 aliphatic rings. The van der Waals surface area contributed by atoms with Gasteiger partial charge in [-0.2, -0.15) is 0 Å². The molecule has 2 N–H and O–H groups in total. The number of piperidine rings is 1. The minimum absolute atomic E-state index is 0.0751. The molecule has 1 heterocycles. The van der Waals surface area contributed by atoms with Crippen molar-refractivity contribution < 1.29 is 4.79 Å². The van der Waals surface area contributed by atoms with Crippen molar-refractivity contribution in [3.05, 3.63) is 0 Å². The lowest BCUT2D eigenvalue weighted by Crippen LogP contribution is -2.55. The SMILES string of the molecule is CC1CCCC1CNC(=O)C1CCC2CCCCC2N1. The Morgan fingerprint density at radius 1 is 1.05 bits per heavy atom. The van der Waals surface area contributed by atoms with E-state index >= 15 is 0 Å². The monoisotopic (exact) mass is 278 g/mol. The van der Waals surface area contributed by atoms with Crippen LogP contribution < -0.4 is 10.6 Å². The van der Waals surface area contributed by atoms with E-state index in [1.54, 1.807) is 0 Å². The lowest BCUT2D eigenvalue weighted by atomic mass is 9.77. The van der Waals surface area contributed by atoms with Crippen LogP contribution in [0, 0.1) is 17.8 Å². The molecule has 5 atom stereocenters. The van der Waals surface area contributed by atoms with Crippen LogP contribution in [0.2, 0.25) is 0 Å². The van der Waals surface area contributed by atoms with Crippen LogP contribution in [0.15, 0.2) is 0 Å². The van der Waals surface area contributed by atoms with Gasteiger partial charge in [-0.15, -0.1) is 0 Å². The first-order chi connectivity index (χ1) is 9.74. The Bertz CT molecular complexity index is 344. The van der Waals surface area contributed by atoms with Gasteiger partial charge in [0, 0.05) is 12.6 Å². The maximum Gasteiger partial charge on any atom is 0.237 e. The normalized spacial score (nSPS) is 41.1. The number of hydrogen-bond donors (Lipinski definition) is 2. The molecular formula is C17H30N2O. The third-order valence-electron chi connectivity index (χ3n) is 6.04. The van der Waals surface area contributed by atoms with Gasteiger partial charge in [-0.3, -0.25) is 4.79 Å². The molecule has 3 rings (SSSR count). The van der Waals surface area contributed by atoms with Crippen LogP contribution in [-0.4, -0.2) is 24.5 Å². The predicted molar refractivity (Wildman–Crippen MR) is 81.4 cm³/mol. The molecule has 114 valence electrons. The molecule has 2 aliphatic carbocycles. The molecule has 0 radical (unpaired) electrons. The Morgan fingerprint density at radius 3 is 2.70 bits per heavy atom. The highest BCUT2D eigenvalue weighted by Crippen LogP contribution is 2.33. The predicted octanol–water partition coefficient (Wildman–Crippen LogP) is 2.85. The molecule has 2 saturated carbocycles. The maximum atomic E-state index is 12.4. The van der Waals surface area contributed by atoms with Gasteiger partial charge in [0.25, 0.3) is 0 Å². The van der Waals surface area contributed by atoms with Gasteiger partial charge in [0.2, 0.25) is 5.91 Å². The number of carbonyl (C=O) groups excluding carboxylic acids is 1. The number of rotatable bonds is 3. The summed E-state index contributed by atoms with van der Waals surface area (Å²) in [5, 5.41) is 6.85. The second kappa shape index (κ2) is 6.46. The molecule has 1 saturated heterocycles. The quantitative estimate of drug-likeness (QED) is 0.833. The lowest BCUT2D eigenvalue weighted by molar-refractivity contribution is -0.124. The summed E-state index contributed by atoms with van der Waals surface area (Å²) >= 11 is 0. The molecule has 3 fully saturated rings. The lowest BCUT2D eigenvalue weighted by Gasteiger charge is -2.40. The zero-order valence-corrected chi connectivity index (χ0v) is 12.9. The fraction of sp³-hybridized carbons (Fsp3) is 0.941.